The van der Waals surface area contributed by atoms with E-state index in [-0.39, 0.29) is 5.79 Å². The van der Waals surface area contributed by atoms with Crippen LogP contribution in [0.3, 0.4) is 0 Å². The molecule has 2 fully saturated rings. The van der Waals surface area contributed by atoms with Crippen molar-refractivity contribution in [2.45, 2.75) is 257 Å². The summed E-state index contributed by atoms with van der Waals surface area (Å²) in [6.45, 7) is 7.10. The Morgan fingerprint density at radius 2 is 0.744 bits per heavy atom. The SMILES string of the molecule is CCCCCCCCCCCCCCCCCCC1(CCCCCCCCC(C)CCCCCCC)OC2CCCC2O1. The lowest BCUT2D eigenvalue weighted by atomic mass is 9.95. The van der Waals surface area contributed by atoms with Crippen LogP contribution in [0.25, 0.3) is 0 Å². The van der Waals surface area contributed by atoms with Crippen LogP contribution in [-0.2, 0) is 9.47 Å². The predicted molar refractivity (Wildman–Crippen MR) is 190 cm³/mol. The summed E-state index contributed by atoms with van der Waals surface area (Å²) in [7, 11) is 0. The fraction of sp³-hybridized carbons (Fsp3) is 1.00. The Morgan fingerprint density at radius 1 is 0.442 bits per heavy atom. The maximum atomic E-state index is 6.70. The third-order valence-corrected chi connectivity index (χ3v) is 10.8. The second-order valence-electron chi connectivity index (χ2n) is 15.2. The van der Waals surface area contributed by atoms with Crippen molar-refractivity contribution in [2.75, 3.05) is 0 Å². The highest BCUT2D eigenvalue weighted by Gasteiger charge is 2.48. The van der Waals surface area contributed by atoms with E-state index in [1.54, 1.807) is 0 Å². The van der Waals surface area contributed by atoms with Gasteiger partial charge in [-0.05, 0) is 38.0 Å². The van der Waals surface area contributed by atoms with Gasteiger partial charge in [0.2, 0.25) is 0 Å². The monoisotopic (exact) mass is 605 g/mol. The molecule has 1 heterocycles. The molecule has 2 nitrogen and oxygen atoms in total. The molecule has 0 spiro atoms. The van der Waals surface area contributed by atoms with Gasteiger partial charge in [-0.2, -0.15) is 0 Å². The minimum atomic E-state index is -0.238. The third-order valence-electron chi connectivity index (χ3n) is 10.8. The predicted octanol–water partition coefficient (Wildman–Crippen LogP) is 14.4. The summed E-state index contributed by atoms with van der Waals surface area (Å²) in [4.78, 5) is 0. The Hall–Kier alpha value is -0.0800. The van der Waals surface area contributed by atoms with E-state index in [4.69, 9.17) is 9.47 Å². The molecule has 1 aliphatic carbocycles. The first-order chi connectivity index (χ1) is 21.2. The summed E-state index contributed by atoms with van der Waals surface area (Å²) in [5.74, 6) is 0.695. The van der Waals surface area contributed by atoms with Crippen LogP contribution < -0.4 is 0 Å². The van der Waals surface area contributed by atoms with Crippen LogP contribution >= 0.6 is 0 Å². The number of rotatable bonds is 32. The number of hydrogen-bond donors (Lipinski definition) is 0. The molecule has 43 heavy (non-hydrogen) atoms. The van der Waals surface area contributed by atoms with E-state index in [9.17, 15) is 0 Å². The molecule has 1 saturated heterocycles. The molecule has 0 aromatic carbocycles. The van der Waals surface area contributed by atoms with Crippen molar-refractivity contribution >= 4 is 0 Å². The van der Waals surface area contributed by atoms with Gasteiger partial charge in [0.05, 0.1) is 12.2 Å². The average Bonchev–Trinajstić information content (AvgIpc) is 3.58. The lowest BCUT2D eigenvalue weighted by molar-refractivity contribution is -0.190. The lowest BCUT2D eigenvalue weighted by Crippen LogP contribution is -2.31. The molecule has 2 rings (SSSR count). The van der Waals surface area contributed by atoms with Crippen molar-refractivity contribution in [3.63, 3.8) is 0 Å². The standard InChI is InChI=1S/C41H80O2/c1-4-6-8-10-11-12-13-14-15-16-17-18-19-21-25-29-36-41(42-39-34-31-35-40(39)43-41)37-30-26-22-20-24-28-33-38(3)32-27-23-9-7-5-2/h38-40H,4-37H2,1-3H3. The Kier molecular flexibility index (Phi) is 24.6. The van der Waals surface area contributed by atoms with Crippen LogP contribution in [0.2, 0.25) is 0 Å². The van der Waals surface area contributed by atoms with E-state index in [1.165, 1.54) is 205 Å². The van der Waals surface area contributed by atoms with Crippen LogP contribution in [0.15, 0.2) is 0 Å². The first-order valence-corrected chi connectivity index (χ1v) is 20.5. The zero-order chi connectivity index (χ0) is 30.7. The minimum Gasteiger partial charge on any atom is -0.344 e. The molecule has 3 unspecified atom stereocenters. The highest BCUT2D eigenvalue weighted by Crippen LogP contribution is 2.43. The van der Waals surface area contributed by atoms with E-state index in [2.05, 4.69) is 20.8 Å². The van der Waals surface area contributed by atoms with E-state index in [0.717, 1.165) is 18.8 Å². The summed E-state index contributed by atoms with van der Waals surface area (Å²) in [5.41, 5.74) is 0. The Labute approximate surface area is 272 Å². The summed E-state index contributed by atoms with van der Waals surface area (Å²) < 4.78 is 13.4. The topological polar surface area (TPSA) is 18.5 Å². The molecule has 2 aliphatic rings. The normalized spacial score (nSPS) is 22.4. The van der Waals surface area contributed by atoms with Crippen LogP contribution in [0.5, 0.6) is 0 Å². The fourth-order valence-corrected chi connectivity index (χ4v) is 7.88. The largest absolute Gasteiger partial charge is 0.344 e. The molecule has 0 aromatic rings. The molecule has 1 saturated carbocycles. The maximum Gasteiger partial charge on any atom is 0.169 e. The molecule has 2 heteroatoms. The van der Waals surface area contributed by atoms with Gasteiger partial charge in [0.25, 0.3) is 0 Å². The van der Waals surface area contributed by atoms with Gasteiger partial charge in [0, 0.05) is 12.8 Å². The maximum absolute atomic E-state index is 6.70. The van der Waals surface area contributed by atoms with Gasteiger partial charge in [-0.3, -0.25) is 0 Å². The second kappa shape index (κ2) is 27.1. The van der Waals surface area contributed by atoms with Crippen LogP contribution in [0, 0.1) is 5.92 Å². The Balaban J connectivity index is 1.44. The molecule has 0 aromatic heterocycles. The van der Waals surface area contributed by atoms with E-state index in [1.807, 2.05) is 0 Å². The van der Waals surface area contributed by atoms with Gasteiger partial charge >= 0.3 is 0 Å². The zero-order valence-corrected chi connectivity index (χ0v) is 30.1. The molecule has 0 amide bonds. The first-order valence-electron chi connectivity index (χ1n) is 20.5. The van der Waals surface area contributed by atoms with Gasteiger partial charge in [-0.1, -0.05) is 194 Å². The third kappa shape index (κ3) is 19.9. The fourth-order valence-electron chi connectivity index (χ4n) is 7.88. The van der Waals surface area contributed by atoms with Gasteiger partial charge in [-0.25, -0.2) is 0 Å². The average molecular weight is 605 g/mol. The number of fused-ring (bicyclic) bond motifs is 1. The number of ether oxygens (including phenoxy) is 2. The van der Waals surface area contributed by atoms with Crippen molar-refractivity contribution in [1.29, 1.82) is 0 Å². The van der Waals surface area contributed by atoms with E-state index in [0.29, 0.717) is 12.2 Å². The minimum absolute atomic E-state index is 0.238. The summed E-state index contributed by atoms with van der Waals surface area (Å²) in [6, 6.07) is 0. The van der Waals surface area contributed by atoms with Crippen molar-refractivity contribution in [1.82, 2.24) is 0 Å². The molecular weight excluding hydrogens is 524 g/mol. The van der Waals surface area contributed by atoms with Gasteiger partial charge in [0.1, 0.15) is 0 Å². The molecular formula is C41H80O2. The molecule has 0 N–H and O–H groups in total. The second-order valence-corrected chi connectivity index (χ2v) is 15.2. The Morgan fingerprint density at radius 3 is 1.09 bits per heavy atom. The van der Waals surface area contributed by atoms with Crippen LogP contribution in [0.1, 0.15) is 239 Å². The van der Waals surface area contributed by atoms with Crippen LogP contribution in [0.4, 0.5) is 0 Å². The highest BCUT2D eigenvalue weighted by atomic mass is 16.8. The molecule has 0 bridgehead atoms. The Bertz CT molecular complexity index is 576. The van der Waals surface area contributed by atoms with E-state index < -0.39 is 0 Å². The highest BCUT2D eigenvalue weighted by molar-refractivity contribution is 4.90. The summed E-state index contributed by atoms with van der Waals surface area (Å²) in [6.07, 6.45) is 48.1. The summed E-state index contributed by atoms with van der Waals surface area (Å²) >= 11 is 0. The summed E-state index contributed by atoms with van der Waals surface area (Å²) in [5, 5.41) is 0. The smallest absolute Gasteiger partial charge is 0.169 e. The molecule has 3 atom stereocenters. The lowest BCUT2D eigenvalue weighted by Gasteiger charge is -2.29. The number of hydrogen-bond acceptors (Lipinski definition) is 2. The van der Waals surface area contributed by atoms with Crippen molar-refractivity contribution < 1.29 is 9.47 Å². The molecule has 0 radical (unpaired) electrons. The van der Waals surface area contributed by atoms with E-state index >= 15 is 0 Å². The first kappa shape index (κ1) is 39.1. The zero-order valence-electron chi connectivity index (χ0n) is 30.1. The number of unbranched alkanes of at least 4 members (excludes halogenated alkanes) is 24. The van der Waals surface area contributed by atoms with Crippen molar-refractivity contribution in [3.8, 4) is 0 Å². The van der Waals surface area contributed by atoms with Crippen molar-refractivity contribution in [3.05, 3.63) is 0 Å². The molecule has 256 valence electrons. The van der Waals surface area contributed by atoms with Gasteiger partial charge < -0.3 is 9.47 Å². The molecule has 1 aliphatic heterocycles. The van der Waals surface area contributed by atoms with Gasteiger partial charge in [0.15, 0.2) is 5.79 Å². The van der Waals surface area contributed by atoms with Crippen molar-refractivity contribution in [2.24, 2.45) is 5.92 Å². The van der Waals surface area contributed by atoms with Gasteiger partial charge in [-0.15, -0.1) is 0 Å². The van der Waals surface area contributed by atoms with Crippen LogP contribution in [-0.4, -0.2) is 18.0 Å². The quantitative estimate of drug-likeness (QED) is 0.0711.